The van der Waals surface area contributed by atoms with Crippen molar-refractivity contribution in [2.45, 2.75) is 11.4 Å². The molecule has 2 aromatic carbocycles. The zero-order chi connectivity index (χ0) is 17.7. The van der Waals surface area contributed by atoms with E-state index in [1.54, 1.807) is 18.2 Å². The molecule has 0 atom stereocenters. The zero-order valence-corrected chi connectivity index (χ0v) is 13.4. The Labute approximate surface area is 139 Å². The summed E-state index contributed by atoms with van der Waals surface area (Å²) in [4.78, 5) is -0.735. The fourth-order valence-electron chi connectivity index (χ4n) is 2.15. The van der Waals surface area contributed by atoms with E-state index in [0.717, 1.165) is 16.4 Å². The van der Waals surface area contributed by atoms with Gasteiger partial charge in [-0.2, -0.15) is 9.57 Å². The Balaban J connectivity index is 2.43. The van der Waals surface area contributed by atoms with E-state index in [-0.39, 0.29) is 13.1 Å². The Bertz CT molecular complexity index is 905. The van der Waals surface area contributed by atoms with Gasteiger partial charge in [-0.25, -0.2) is 17.2 Å². The van der Waals surface area contributed by atoms with Crippen LogP contribution in [-0.2, 0) is 16.6 Å². The van der Waals surface area contributed by atoms with E-state index in [0.29, 0.717) is 17.2 Å². The molecule has 0 unspecified atom stereocenters. The Morgan fingerprint density at radius 1 is 1.21 bits per heavy atom. The first kappa shape index (κ1) is 17.8. The van der Waals surface area contributed by atoms with Crippen LogP contribution in [0.15, 0.2) is 60.0 Å². The Hall–Kier alpha value is -2.56. The number of benzene rings is 2. The van der Waals surface area contributed by atoms with Gasteiger partial charge in [0, 0.05) is 13.1 Å². The topological polar surface area (TPSA) is 61.2 Å². The lowest BCUT2D eigenvalue weighted by atomic mass is 10.1. The maximum atomic E-state index is 13.9. The van der Waals surface area contributed by atoms with Gasteiger partial charge in [-0.05, 0) is 35.9 Å². The number of halogens is 2. The van der Waals surface area contributed by atoms with Crippen LogP contribution in [0, 0.1) is 23.0 Å². The molecule has 0 aliphatic heterocycles. The van der Waals surface area contributed by atoms with E-state index in [2.05, 4.69) is 6.58 Å². The normalized spacial score (nSPS) is 11.2. The van der Waals surface area contributed by atoms with Gasteiger partial charge in [-0.3, -0.25) is 0 Å². The van der Waals surface area contributed by atoms with Gasteiger partial charge in [-0.15, -0.1) is 6.58 Å². The molecule has 0 saturated heterocycles. The molecule has 124 valence electrons. The second-order valence-electron chi connectivity index (χ2n) is 4.97. The lowest BCUT2D eigenvalue weighted by molar-refractivity contribution is 0.432. The van der Waals surface area contributed by atoms with Crippen molar-refractivity contribution < 1.29 is 17.2 Å². The molecule has 7 heteroatoms. The lowest BCUT2D eigenvalue weighted by Crippen LogP contribution is -2.31. The molecule has 24 heavy (non-hydrogen) atoms. The molecule has 0 amide bonds. The first-order valence-corrected chi connectivity index (χ1v) is 8.37. The molecule has 0 bridgehead atoms. The third-order valence-corrected chi connectivity index (χ3v) is 5.09. The first-order chi connectivity index (χ1) is 11.4. The zero-order valence-electron chi connectivity index (χ0n) is 12.6. The van der Waals surface area contributed by atoms with Gasteiger partial charge in [0.2, 0.25) is 10.0 Å². The van der Waals surface area contributed by atoms with Crippen LogP contribution in [0.2, 0.25) is 0 Å². The van der Waals surface area contributed by atoms with Gasteiger partial charge in [-0.1, -0.05) is 18.2 Å². The predicted octanol–water partition coefficient (Wildman–Crippen LogP) is 3.21. The SMILES string of the molecule is C=CCN(Cc1cccc(C#N)c1)S(=O)(=O)c1cc(F)ccc1F. The van der Waals surface area contributed by atoms with Crippen molar-refractivity contribution in [3.05, 3.63) is 77.9 Å². The van der Waals surface area contributed by atoms with Crippen LogP contribution >= 0.6 is 0 Å². The molecule has 0 heterocycles. The maximum Gasteiger partial charge on any atom is 0.246 e. The molecule has 0 aliphatic rings. The van der Waals surface area contributed by atoms with Gasteiger partial charge < -0.3 is 0 Å². The van der Waals surface area contributed by atoms with Gasteiger partial charge in [0.05, 0.1) is 11.6 Å². The van der Waals surface area contributed by atoms with E-state index in [1.165, 1.54) is 12.1 Å². The Kier molecular flexibility index (Phi) is 5.44. The van der Waals surface area contributed by atoms with Crippen LogP contribution in [0.4, 0.5) is 8.78 Å². The highest BCUT2D eigenvalue weighted by Gasteiger charge is 2.27. The maximum absolute atomic E-state index is 13.9. The number of hydrogen-bond acceptors (Lipinski definition) is 3. The Morgan fingerprint density at radius 2 is 1.96 bits per heavy atom. The minimum absolute atomic E-state index is 0.0882. The van der Waals surface area contributed by atoms with E-state index < -0.39 is 26.6 Å². The average molecular weight is 348 g/mol. The van der Waals surface area contributed by atoms with Crippen LogP contribution < -0.4 is 0 Å². The molecule has 0 N–H and O–H groups in total. The van der Waals surface area contributed by atoms with Gasteiger partial charge in [0.1, 0.15) is 16.5 Å². The fraction of sp³-hybridized carbons (Fsp3) is 0.118. The molecule has 2 aromatic rings. The minimum Gasteiger partial charge on any atom is -0.207 e. The third kappa shape index (κ3) is 3.85. The molecule has 0 spiro atoms. The summed E-state index contributed by atoms with van der Waals surface area (Å²) in [5.41, 5.74) is 0.927. The van der Waals surface area contributed by atoms with Crippen LogP contribution in [-0.4, -0.2) is 19.3 Å². The Morgan fingerprint density at radius 3 is 2.62 bits per heavy atom. The van der Waals surface area contributed by atoms with Gasteiger partial charge in [0.25, 0.3) is 0 Å². The number of nitriles is 1. The summed E-state index contributed by atoms with van der Waals surface area (Å²) >= 11 is 0. The van der Waals surface area contributed by atoms with E-state index in [1.807, 2.05) is 6.07 Å². The number of hydrogen-bond donors (Lipinski definition) is 0. The summed E-state index contributed by atoms with van der Waals surface area (Å²) in [7, 11) is -4.27. The summed E-state index contributed by atoms with van der Waals surface area (Å²) in [6, 6.07) is 10.6. The van der Waals surface area contributed by atoms with E-state index >= 15 is 0 Å². The van der Waals surface area contributed by atoms with Crippen molar-refractivity contribution in [2.24, 2.45) is 0 Å². The van der Waals surface area contributed by atoms with Crippen molar-refractivity contribution in [1.82, 2.24) is 4.31 Å². The molecule has 0 saturated carbocycles. The molecule has 4 nitrogen and oxygen atoms in total. The molecule has 0 aliphatic carbocycles. The second kappa shape index (κ2) is 7.34. The highest BCUT2D eigenvalue weighted by molar-refractivity contribution is 7.89. The summed E-state index contributed by atoms with van der Waals surface area (Å²) in [5, 5.41) is 8.92. The summed E-state index contributed by atoms with van der Waals surface area (Å²) < 4.78 is 53.5. The minimum atomic E-state index is -4.27. The number of nitrogens with zero attached hydrogens (tertiary/aromatic N) is 2. The van der Waals surface area contributed by atoms with Crippen LogP contribution in [0.1, 0.15) is 11.1 Å². The van der Waals surface area contributed by atoms with Gasteiger partial charge >= 0.3 is 0 Å². The van der Waals surface area contributed by atoms with Crippen molar-refractivity contribution in [3.63, 3.8) is 0 Å². The second-order valence-corrected chi connectivity index (χ2v) is 6.88. The molecule has 0 radical (unpaired) electrons. The summed E-state index contributed by atoms with van der Waals surface area (Å²) in [6.45, 7) is 3.31. The standard InChI is InChI=1S/C17H14F2N2O2S/c1-2-8-21(12-14-5-3-4-13(9-14)11-20)24(22,23)17-10-15(18)6-7-16(17)19/h2-7,9-10H,1,8,12H2. The van der Waals surface area contributed by atoms with Crippen molar-refractivity contribution in [3.8, 4) is 6.07 Å². The first-order valence-electron chi connectivity index (χ1n) is 6.93. The predicted molar refractivity (Wildman–Crippen MR) is 85.3 cm³/mol. The number of sulfonamides is 1. The largest absolute Gasteiger partial charge is 0.246 e. The highest BCUT2D eigenvalue weighted by Crippen LogP contribution is 2.22. The summed E-state index contributed by atoms with van der Waals surface area (Å²) in [6.07, 6.45) is 1.35. The molecule has 2 rings (SSSR count). The van der Waals surface area contributed by atoms with Crippen LogP contribution in [0.3, 0.4) is 0 Å². The van der Waals surface area contributed by atoms with Crippen molar-refractivity contribution in [1.29, 1.82) is 5.26 Å². The fourth-order valence-corrected chi connectivity index (χ4v) is 3.62. The lowest BCUT2D eigenvalue weighted by Gasteiger charge is -2.21. The van der Waals surface area contributed by atoms with Crippen LogP contribution in [0.5, 0.6) is 0 Å². The summed E-state index contributed by atoms with van der Waals surface area (Å²) in [5.74, 6) is -1.88. The highest BCUT2D eigenvalue weighted by atomic mass is 32.2. The molecular weight excluding hydrogens is 334 g/mol. The molecule has 0 fully saturated rings. The van der Waals surface area contributed by atoms with E-state index in [4.69, 9.17) is 5.26 Å². The van der Waals surface area contributed by atoms with E-state index in [9.17, 15) is 17.2 Å². The van der Waals surface area contributed by atoms with Crippen LogP contribution in [0.25, 0.3) is 0 Å². The van der Waals surface area contributed by atoms with Gasteiger partial charge in [0.15, 0.2) is 0 Å². The molecule has 0 aromatic heterocycles. The van der Waals surface area contributed by atoms with Crippen molar-refractivity contribution in [2.75, 3.05) is 6.54 Å². The third-order valence-electron chi connectivity index (χ3n) is 3.26. The molecular formula is C17H14F2N2O2S. The number of rotatable bonds is 6. The van der Waals surface area contributed by atoms with Crippen molar-refractivity contribution >= 4 is 10.0 Å². The average Bonchev–Trinajstić information content (AvgIpc) is 2.56. The monoisotopic (exact) mass is 348 g/mol. The smallest absolute Gasteiger partial charge is 0.207 e. The quantitative estimate of drug-likeness (QED) is 0.753.